The first-order valence-electron chi connectivity index (χ1n) is 21.9. The van der Waals surface area contributed by atoms with Crippen LogP contribution in [0.4, 0.5) is 0 Å². The Labute approximate surface area is 296 Å². The zero-order valence-electron chi connectivity index (χ0n) is 31.0. The molecule has 5 aliphatic carbocycles. The van der Waals surface area contributed by atoms with E-state index < -0.39 is 0 Å². The fourth-order valence-electron chi connectivity index (χ4n) is 11.9. The Kier molecular flexibility index (Phi) is 13.9. The van der Waals surface area contributed by atoms with Gasteiger partial charge in [0.25, 0.3) is 0 Å². The predicted molar refractivity (Wildman–Crippen MR) is 200 cm³/mol. The van der Waals surface area contributed by atoms with Gasteiger partial charge in [-0.25, -0.2) is 0 Å². The van der Waals surface area contributed by atoms with Gasteiger partial charge in [0.1, 0.15) is 0 Å². The van der Waals surface area contributed by atoms with Crippen molar-refractivity contribution in [3.63, 3.8) is 0 Å². The summed E-state index contributed by atoms with van der Waals surface area (Å²) in [5, 5.41) is 0. The molecule has 0 radical (unpaired) electrons. The van der Waals surface area contributed by atoms with E-state index in [2.05, 4.69) is 34.1 Å². The van der Waals surface area contributed by atoms with Crippen molar-refractivity contribution in [3.05, 3.63) is 24.3 Å². The lowest BCUT2D eigenvalue weighted by Crippen LogP contribution is -2.52. The quantitative estimate of drug-likeness (QED) is 0.217. The standard InChI is InChI=1S/C44H74N2O2/c1-3-7-39(8-4-1)45(43-27-31-47-32-28-43)41-23-19-37(20-24-41)17-15-35-11-13-36(14-12-35)16-18-38-21-25-42(26-22-38)46(40-9-5-2-6-10-40)44-29-33-48-34-30-44/h15-18,35-44H,1-14,19-34H2. The molecule has 272 valence electrons. The molecule has 2 saturated heterocycles. The second kappa shape index (κ2) is 18.7. The van der Waals surface area contributed by atoms with E-state index in [0.717, 1.165) is 86.4 Å². The molecule has 7 aliphatic rings. The molecule has 7 rings (SSSR count). The SMILES string of the molecule is C(=CC1CCC(N(C2CCCCC2)C2CCOCC2)CC1)C1CCC(C=CC2CCC(N(C3CCCCC3)C3CCOCC3)CC2)CC1. The van der Waals surface area contributed by atoms with Crippen LogP contribution in [0, 0.1) is 23.7 Å². The van der Waals surface area contributed by atoms with E-state index in [-0.39, 0.29) is 0 Å². The zero-order chi connectivity index (χ0) is 32.4. The average molecular weight is 663 g/mol. The largest absolute Gasteiger partial charge is 0.381 e. The van der Waals surface area contributed by atoms with Crippen molar-refractivity contribution in [2.75, 3.05) is 26.4 Å². The first-order valence-corrected chi connectivity index (χ1v) is 21.9. The molecular formula is C44H74N2O2. The van der Waals surface area contributed by atoms with Crippen molar-refractivity contribution < 1.29 is 9.47 Å². The lowest BCUT2D eigenvalue weighted by Gasteiger charge is -2.48. The minimum Gasteiger partial charge on any atom is -0.381 e. The molecule has 4 heteroatoms. The van der Waals surface area contributed by atoms with Crippen molar-refractivity contribution in [1.82, 2.24) is 9.80 Å². The van der Waals surface area contributed by atoms with Crippen LogP contribution in [0.1, 0.15) is 167 Å². The van der Waals surface area contributed by atoms with Crippen molar-refractivity contribution in [3.8, 4) is 0 Å². The number of hydrogen-bond donors (Lipinski definition) is 0. The zero-order valence-corrected chi connectivity index (χ0v) is 31.0. The van der Waals surface area contributed by atoms with E-state index in [1.165, 1.54) is 167 Å². The van der Waals surface area contributed by atoms with E-state index in [1.54, 1.807) is 0 Å². The third kappa shape index (κ3) is 9.80. The number of hydrogen-bond acceptors (Lipinski definition) is 4. The molecular weight excluding hydrogens is 588 g/mol. The lowest BCUT2D eigenvalue weighted by molar-refractivity contribution is -0.0241. The summed E-state index contributed by atoms with van der Waals surface area (Å²) < 4.78 is 11.6. The second-order valence-electron chi connectivity index (χ2n) is 17.7. The minimum atomic E-state index is 0.789. The summed E-state index contributed by atoms with van der Waals surface area (Å²) in [7, 11) is 0. The van der Waals surface area contributed by atoms with Crippen molar-refractivity contribution in [2.24, 2.45) is 23.7 Å². The van der Waals surface area contributed by atoms with Crippen molar-refractivity contribution in [1.29, 1.82) is 0 Å². The summed E-state index contributed by atoms with van der Waals surface area (Å²) >= 11 is 0. The first kappa shape index (κ1) is 35.7. The average Bonchev–Trinajstić information content (AvgIpc) is 3.17. The van der Waals surface area contributed by atoms with Gasteiger partial charge in [0.2, 0.25) is 0 Å². The van der Waals surface area contributed by atoms with Gasteiger partial charge in [-0.15, -0.1) is 0 Å². The molecule has 0 N–H and O–H groups in total. The molecule has 0 aromatic rings. The van der Waals surface area contributed by atoms with Crippen LogP contribution in [-0.2, 0) is 9.47 Å². The Morgan fingerprint density at radius 2 is 0.521 bits per heavy atom. The molecule has 0 aromatic heterocycles. The van der Waals surface area contributed by atoms with E-state index in [9.17, 15) is 0 Å². The summed E-state index contributed by atoms with van der Waals surface area (Å²) in [5.41, 5.74) is 0. The Morgan fingerprint density at radius 1 is 0.271 bits per heavy atom. The number of nitrogens with zero attached hydrogens (tertiary/aromatic N) is 2. The van der Waals surface area contributed by atoms with Crippen molar-refractivity contribution >= 4 is 0 Å². The maximum Gasteiger partial charge on any atom is 0.0480 e. The Morgan fingerprint density at radius 3 is 0.833 bits per heavy atom. The van der Waals surface area contributed by atoms with Gasteiger partial charge in [0.15, 0.2) is 0 Å². The third-order valence-corrected chi connectivity index (χ3v) is 14.7. The van der Waals surface area contributed by atoms with E-state index in [1.807, 2.05) is 0 Å². The van der Waals surface area contributed by atoms with Gasteiger partial charge in [-0.05, 0) is 152 Å². The normalized spacial score (nSPS) is 36.5. The van der Waals surface area contributed by atoms with Crippen LogP contribution in [0.3, 0.4) is 0 Å². The summed E-state index contributed by atoms with van der Waals surface area (Å²) in [5.74, 6) is 3.33. The molecule has 0 spiro atoms. The monoisotopic (exact) mass is 663 g/mol. The number of ether oxygens (including phenoxy) is 2. The predicted octanol–water partition coefficient (Wildman–Crippen LogP) is 10.7. The maximum absolute atomic E-state index is 5.78. The van der Waals surface area contributed by atoms with Crippen LogP contribution in [-0.4, -0.2) is 72.5 Å². The molecule has 4 nitrogen and oxygen atoms in total. The fourth-order valence-corrected chi connectivity index (χ4v) is 11.9. The van der Waals surface area contributed by atoms with Crippen LogP contribution in [0.5, 0.6) is 0 Å². The van der Waals surface area contributed by atoms with E-state index in [4.69, 9.17) is 9.47 Å². The topological polar surface area (TPSA) is 24.9 Å². The summed E-state index contributed by atoms with van der Waals surface area (Å²) in [6.45, 7) is 3.95. The Hall–Kier alpha value is -0.680. The Balaban J connectivity index is 0.819. The van der Waals surface area contributed by atoms with Gasteiger partial charge in [-0.3, -0.25) is 9.80 Å². The summed E-state index contributed by atoms with van der Waals surface area (Å²) in [6.07, 6.45) is 47.4. The first-order chi connectivity index (χ1) is 23.8. The highest BCUT2D eigenvalue weighted by Crippen LogP contribution is 2.39. The highest BCUT2D eigenvalue weighted by Gasteiger charge is 2.37. The van der Waals surface area contributed by atoms with Gasteiger partial charge in [0, 0.05) is 62.7 Å². The van der Waals surface area contributed by atoms with E-state index >= 15 is 0 Å². The highest BCUT2D eigenvalue weighted by molar-refractivity contribution is 5.02. The smallest absolute Gasteiger partial charge is 0.0480 e. The van der Waals surface area contributed by atoms with Crippen LogP contribution >= 0.6 is 0 Å². The van der Waals surface area contributed by atoms with Gasteiger partial charge in [-0.2, -0.15) is 0 Å². The van der Waals surface area contributed by atoms with E-state index in [0.29, 0.717) is 0 Å². The van der Waals surface area contributed by atoms with Crippen LogP contribution in [0.15, 0.2) is 24.3 Å². The fraction of sp³-hybridized carbons (Fsp3) is 0.909. The van der Waals surface area contributed by atoms with Crippen LogP contribution in [0.2, 0.25) is 0 Å². The Bertz CT molecular complexity index is 834. The number of rotatable bonds is 10. The molecule has 2 heterocycles. The van der Waals surface area contributed by atoms with Crippen LogP contribution < -0.4 is 0 Å². The van der Waals surface area contributed by atoms with Gasteiger partial charge in [0.05, 0.1) is 0 Å². The lowest BCUT2D eigenvalue weighted by atomic mass is 9.78. The summed E-state index contributed by atoms with van der Waals surface area (Å²) in [4.78, 5) is 6.14. The van der Waals surface area contributed by atoms with Gasteiger partial charge >= 0.3 is 0 Å². The molecule has 7 fully saturated rings. The van der Waals surface area contributed by atoms with Gasteiger partial charge < -0.3 is 9.47 Å². The molecule has 5 saturated carbocycles. The minimum absolute atomic E-state index is 0.789. The third-order valence-electron chi connectivity index (χ3n) is 14.7. The van der Waals surface area contributed by atoms with Crippen molar-refractivity contribution in [2.45, 2.75) is 203 Å². The molecule has 0 aromatic carbocycles. The molecule has 0 atom stereocenters. The van der Waals surface area contributed by atoms with Crippen LogP contribution in [0.25, 0.3) is 0 Å². The molecule has 0 bridgehead atoms. The molecule has 0 unspecified atom stereocenters. The molecule has 0 amide bonds. The maximum atomic E-state index is 5.78. The van der Waals surface area contributed by atoms with Gasteiger partial charge in [-0.1, -0.05) is 62.8 Å². The number of allylic oxidation sites excluding steroid dienone is 4. The highest BCUT2D eigenvalue weighted by atomic mass is 16.5. The second-order valence-corrected chi connectivity index (χ2v) is 17.7. The molecule has 48 heavy (non-hydrogen) atoms. The summed E-state index contributed by atoms with van der Waals surface area (Å²) in [6, 6.07) is 4.96. The molecule has 2 aliphatic heterocycles.